The predicted octanol–water partition coefficient (Wildman–Crippen LogP) is 1.36. The van der Waals surface area contributed by atoms with Crippen LogP contribution in [0.3, 0.4) is 0 Å². The quantitative estimate of drug-likeness (QED) is 0.786. The molecule has 4 nitrogen and oxygen atoms in total. The SMILES string of the molecule is OC1COCCC1n1ccc2ncccc21. The summed E-state index contributed by atoms with van der Waals surface area (Å²) in [4.78, 5) is 4.29. The Kier molecular flexibility index (Phi) is 2.38. The van der Waals surface area contributed by atoms with E-state index in [9.17, 15) is 5.11 Å². The normalized spacial score (nSPS) is 26.1. The van der Waals surface area contributed by atoms with Gasteiger partial charge >= 0.3 is 0 Å². The Labute approximate surface area is 93.5 Å². The summed E-state index contributed by atoms with van der Waals surface area (Å²) in [6.45, 7) is 1.13. The third-order valence-corrected chi connectivity index (χ3v) is 3.14. The summed E-state index contributed by atoms with van der Waals surface area (Å²) in [6, 6.07) is 6.04. The minimum Gasteiger partial charge on any atom is -0.389 e. The number of nitrogens with zero attached hydrogens (tertiary/aromatic N) is 2. The van der Waals surface area contributed by atoms with Crippen molar-refractivity contribution in [1.82, 2.24) is 9.55 Å². The fourth-order valence-corrected chi connectivity index (χ4v) is 2.31. The first-order valence-electron chi connectivity index (χ1n) is 5.53. The highest BCUT2D eigenvalue weighted by Gasteiger charge is 2.25. The highest BCUT2D eigenvalue weighted by atomic mass is 16.5. The zero-order valence-electron chi connectivity index (χ0n) is 8.91. The third kappa shape index (κ3) is 1.50. The molecule has 3 rings (SSSR count). The van der Waals surface area contributed by atoms with Gasteiger partial charge in [0.05, 0.1) is 29.8 Å². The molecule has 1 aliphatic rings. The summed E-state index contributed by atoms with van der Waals surface area (Å²) in [7, 11) is 0. The van der Waals surface area contributed by atoms with Gasteiger partial charge in [-0.1, -0.05) is 0 Å². The van der Waals surface area contributed by atoms with Gasteiger partial charge in [-0.05, 0) is 24.6 Å². The van der Waals surface area contributed by atoms with Gasteiger partial charge in [-0.2, -0.15) is 0 Å². The number of aromatic nitrogens is 2. The maximum absolute atomic E-state index is 9.93. The largest absolute Gasteiger partial charge is 0.389 e. The molecule has 2 aromatic rings. The van der Waals surface area contributed by atoms with Crippen LogP contribution in [0.5, 0.6) is 0 Å². The number of ether oxygens (including phenoxy) is 1. The molecular formula is C12H14N2O2. The Morgan fingerprint density at radius 1 is 1.44 bits per heavy atom. The molecule has 1 fully saturated rings. The molecule has 0 radical (unpaired) electrons. The van der Waals surface area contributed by atoms with Crippen molar-refractivity contribution in [2.75, 3.05) is 13.2 Å². The lowest BCUT2D eigenvalue weighted by molar-refractivity contribution is -0.0373. The first-order chi connectivity index (χ1) is 7.86. The van der Waals surface area contributed by atoms with E-state index in [2.05, 4.69) is 9.55 Å². The number of rotatable bonds is 1. The van der Waals surface area contributed by atoms with Crippen LogP contribution >= 0.6 is 0 Å². The van der Waals surface area contributed by atoms with Gasteiger partial charge in [0.1, 0.15) is 0 Å². The molecule has 2 unspecified atom stereocenters. The zero-order valence-corrected chi connectivity index (χ0v) is 8.91. The second-order valence-corrected chi connectivity index (χ2v) is 4.13. The first kappa shape index (κ1) is 9.81. The number of fused-ring (bicyclic) bond motifs is 1. The molecule has 2 aromatic heterocycles. The topological polar surface area (TPSA) is 47.3 Å². The van der Waals surface area contributed by atoms with Crippen LogP contribution in [0, 0.1) is 0 Å². The molecule has 3 heterocycles. The van der Waals surface area contributed by atoms with Crippen LogP contribution in [-0.4, -0.2) is 34.0 Å². The van der Waals surface area contributed by atoms with Crippen molar-refractivity contribution in [1.29, 1.82) is 0 Å². The van der Waals surface area contributed by atoms with Crippen molar-refractivity contribution in [2.45, 2.75) is 18.6 Å². The Morgan fingerprint density at radius 2 is 2.38 bits per heavy atom. The molecule has 1 N–H and O–H groups in total. The number of aliphatic hydroxyl groups excluding tert-OH is 1. The highest BCUT2D eigenvalue weighted by molar-refractivity contribution is 5.75. The van der Waals surface area contributed by atoms with Gasteiger partial charge in [-0.3, -0.25) is 4.98 Å². The van der Waals surface area contributed by atoms with E-state index in [1.807, 2.05) is 24.4 Å². The monoisotopic (exact) mass is 218 g/mol. The Balaban J connectivity index is 2.04. The van der Waals surface area contributed by atoms with Crippen LogP contribution in [0.1, 0.15) is 12.5 Å². The standard InChI is InChI=1S/C12H14N2O2/c15-12-8-16-7-4-11(12)14-6-3-9-10(14)2-1-5-13-9/h1-3,5-6,11-12,15H,4,7-8H2. The smallest absolute Gasteiger partial charge is 0.0981 e. The molecule has 84 valence electrons. The van der Waals surface area contributed by atoms with E-state index >= 15 is 0 Å². The van der Waals surface area contributed by atoms with Crippen molar-refractivity contribution < 1.29 is 9.84 Å². The van der Waals surface area contributed by atoms with Gasteiger partial charge in [0, 0.05) is 19.0 Å². The predicted molar refractivity (Wildman–Crippen MR) is 60.2 cm³/mol. The van der Waals surface area contributed by atoms with E-state index in [1.54, 1.807) is 6.20 Å². The minimum absolute atomic E-state index is 0.107. The summed E-state index contributed by atoms with van der Waals surface area (Å²) in [5.74, 6) is 0. The first-order valence-corrected chi connectivity index (χ1v) is 5.53. The molecule has 0 saturated carbocycles. The van der Waals surface area contributed by atoms with Crippen LogP contribution in [0.2, 0.25) is 0 Å². The third-order valence-electron chi connectivity index (χ3n) is 3.14. The molecule has 16 heavy (non-hydrogen) atoms. The molecule has 0 aromatic carbocycles. The number of pyridine rings is 1. The van der Waals surface area contributed by atoms with E-state index in [1.165, 1.54) is 0 Å². The maximum Gasteiger partial charge on any atom is 0.0981 e. The molecular weight excluding hydrogens is 204 g/mol. The second kappa shape index (κ2) is 3.88. The maximum atomic E-state index is 9.93. The van der Waals surface area contributed by atoms with Crippen LogP contribution in [0.25, 0.3) is 11.0 Å². The summed E-state index contributed by atoms with van der Waals surface area (Å²) < 4.78 is 7.35. The van der Waals surface area contributed by atoms with Crippen molar-refractivity contribution in [3.8, 4) is 0 Å². The number of hydrogen-bond donors (Lipinski definition) is 1. The fraction of sp³-hybridized carbons (Fsp3) is 0.417. The molecule has 1 aliphatic heterocycles. The summed E-state index contributed by atoms with van der Waals surface area (Å²) in [6.07, 6.45) is 4.20. The Morgan fingerprint density at radius 3 is 3.25 bits per heavy atom. The van der Waals surface area contributed by atoms with Crippen LogP contribution in [0.4, 0.5) is 0 Å². The molecule has 0 bridgehead atoms. The average molecular weight is 218 g/mol. The zero-order chi connectivity index (χ0) is 11.0. The van der Waals surface area contributed by atoms with Crippen molar-refractivity contribution >= 4 is 11.0 Å². The summed E-state index contributed by atoms with van der Waals surface area (Å²) in [5, 5.41) is 9.93. The van der Waals surface area contributed by atoms with Gasteiger partial charge in [0.25, 0.3) is 0 Å². The van der Waals surface area contributed by atoms with E-state index in [0.717, 1.165) is 17.5 Å². The fourth-order valence-electron chi connectivity index (χ4n) is 2.31. The molecule has 0 spiro atoms. The van der Waals surface area contributed by atoms with Crippen molar-refractivity contribution in [3.63, 3.8) is 0 Å². The van der Waals surface area contributed by atoms with Crippen LogP contribution < -0.4 is 0 Å². The summed E-state index contributed by atoms with van der Waals surface area (Å²) >= 11 is 0. The van der Waals surface area contributed by atoms with Crippen molar-refractivity contribution in [3.05, 3.63) is 30.6 Å². The van der Waals surface area contributed by atoms with Gasteiger partial charge in [0.15, 0.2) is 0 Å². The number of aliphatic hydroxyl groups is 1. The molecule has 0 aliphatic carbocycles. The second-order valence-electron chi connectivity index (χ2n) is 4.13. The lowest BCUT2D eigenvalue weighted by Gasteiger charge is -2.29. The van der Waals surface area contributed by atoms with Gasteiger partial charge in [0.2, 0.25) is 0 Å². The van der Waals surface area contributed by atoms with Gasteiger partial charge in [-0.25, -0.2) is 0 Å². The van der Waals surface area contributed by atoms with Crippen molar-refractivity contribution in [2.24, 2.45) is 0 Å². The van der Waals surface area contributed by atoms with E-state index < -0.39 is 6.10 Å². The van der Waals surface area contributed by atoms with Crippen LogP contribution in [-0.2, 0) is 4.74 Å². The van der Waals surface area contributed by atoms with E-state index in [0.29, 0.717) is 13.2 Å². The van der Waals surface area contributed by atoms with Gasteiger partial charge in [-0.15, -0.1) is 0 Å². The average Bonchev–Trinajstić information content (AvgIpc) is 2.74. The molecule has 2 atom stereocenters. The lowest BCUT2D eigenvalue weighted by Crippen LogP contribution is -2.33. The summed E-state index contributed by atoms with van der Waals surface area (Å²) in [5.41, 5.74) is 2.05. The van der Waals surface area contributed by atoms with E-state index in [4.69, 9.17) is 4.74 Å². The lowest BCUT2D eigenvalue weighted by atomic mass is 10.1. The van der Waals surface area contributed by atoms with Crippen LogP contribution in [0.15, 0.2) is 30.6 Å². The molecule has 0 amide bonds. The van der Waals surface area contributed by atoms with E-state index in [-0.39, 0.29) is 6.04 Å². The minimum atomic E-state index is -0.426. The highest BCUT2D eigenvalue weighted by Crippen LogP contribution is 2.26. The Bertz CT molecular complexity index is 494. The number of hydrogen-bond acceptors (Lipinski definition) is 3. The van der Waals surface area contributed by atoms with Gasteiger partial charge < -0.3 is 14.4 Å². The molecule has 1 saturated heterocycles. The molecule has 4 heteroatoms. The Hall–Kier alpha value is -1.39.